The Morgan fingerprint density at radius 3 is 2.59 bits per heavy atom. The highest BCUT2D eigenvalue weighted by Crippen LogP contribution is 2.42. The molecule has 3 nitrogen and oxygen atoms in total. The summed E-state index contributed by atoms with van der Waals surface area (Å²) in [5.41, 5.74) is 0.356. The summed E-state index contributed by atoms with van der Waals surface area (Å²) in [7, 11) is 0. The number of hydrogen-bond acceptors (Lipinski definition) is 3. The van der Waals surface area contributed by atoms with Gasteiger partial charge in [0.25, 0.3) is 0 Å². The Hall–Kier alpha value is -0.120. The largest absolute Gasteiger partial charge is 0.377 e. The maximum Gasteiger partial charge on any atom is 0.0703 e. The van der Waals surface area contributed by atoms with Gasteiger partial charge in [-0.15, -0.1) is 0 Å². The molecule has 3 rings (SSSR count). The average Bonchev–Trinajstić information content (AvgIpc) is 3.07. The number of piperazine rings is 1. The molecular weight excluding hydrogens is 212 g/mol. The Bertz CT molecular complexity index is 292. The maximum atomic E-state index is 5.75. The Morgan fingerprint density at radius 2 is 2.00 bits per heavy atom. The maximum absolute atomic E-state index is 5.75. The van der Waals surface area contributed by atoms with Gasteiger partial charge in [0.05, 0.1) is 6.10 Å². The number of nitrogens with zero attached hydrogens (tertiary/aromatic N) is 1. The quantitative estimate of drug-likeness (QED) is 0.791. The molecule has 0 aromatic heterocycles. The zero-order chi connectivity index (χ0) is 12.0. The highest BCUT2D eigenvalue weighted by atomic mass is 16.5. The van der Waals surface area contributed by atoms with E-state index < -0.39 is 0 Å². The lowest BCUT2D eigenvalue weighted by Gasteiger charge is -2.48. The molecule has 0 aromatic rings. The van der Waals surface area contributed by atoms with E-state index in [9.17, 15) is 0 Å². The van der Waals surface area contributed by atoms with Crippen LogP contribution in [-0.2, 0) is 4.74 Å². The minimum absolute atomic E-state index is 0.356. The molecular formula is C14H26N2O. The number of ether oxygens (including phenoxy) is 1. The molecule has 2 aliphatic heterocycles. The minimum atomic E-state index is 0.356. The van der Waals surface area contributed by atoms with E-state index in [0.717, 1.165) is 19.1 Å². The first kappa shape index (κ1) is 11.9. The van der Waals surface area contributed by atoms with Crippen molar-refractivity contribution in [2.45, 2.75) is 63.8 Å². The predicted octanol–water partition coefficient (Wildman–Crippen LogP) is 1.63. The van der Waals surface area contributed by atoms with Gasteiger partial charge in [-0.1, -0.05) is 0 Å². The summed E-state index contributed by atoms with van der Waals surface area (Å²) in [5, 5.41) is 3.79. The molecule has 0 aromatic carbocycles. The van der Waals surface area contributed by atoms with Gasteiger partial charge in [0.1, 0.15) is 0 Å². The molecule has 0 bridgehead atoms. The van der Waals surface area contributed by atoms with Crippen molar-refractivity contribution in [2.75, 3.05) is 19.7 Å². The second-order valence-electron chi connectivity index (χ2n) is 6.53. The third kappa shape index (κ3) is 2.13. The van der Waals surface area contributed by atoms with Crippen LogP contribution in [0.25, 0.3) is 0 Å². The van der Waals surface area contributed by atoms with Crippen molar-refractivity contribution >= 4 is 0 Å². The first-order chi connectivity index (χ1) is 8.10. The Balaban J connectivity index is 1.73. The van der Waals surface area contributed by atoms with E-state index in [-0.39, 0.29) is 0 Å². The normalized spacial score (nSPS) is 48.5. The van der Waals surface area contributed by atoms with Crippen LogP contribution >= 0.6 is 0 Å². The highest BCUT2D eigenvalue weighted by Gasteiger charge is 2.47. The van der Waals surface area contributed by atoms with Gasteiger partial charge < -0.3 is 10.1 Å². The third-order valence-corrected chi connectivity index (χ3v) is 5.12. The van der Waals surface area contributed by atoms with Crippen LogP contribution in [0, 0.1) is 5.92 Å². The molecule has 3 fully saturated rings. The van der Waals surface area contributed by atoms with E-state index in [4.69, 9.17) is 4.74 Å². The van der Waals surface area contributed by atoms with Gasteiger partial charge >= 0.3 is 0 Å². The third-order valence-electron chi connectivity index (χ3n) is 5.12. The van der Waals surface area contributed by atoms with Crippen molar-refractivity contribution < 1.29 is 4.74 Å². The fourth-order valence-corrected chi connectivity index (χ4v) is 3.68. The Morgan fingerprint density at radius 1 is 1.24 bits per heavy atom. The summed E-state index contributed by atoms with van der Waals surface area (Å²) < 4.78 is 5.75. The lowest BCUT2D eigenvalue weighted by Crippen LogP contribution is -2.66. The lowest BCUT2D eigenvalue weighted by molar-refractivity contribution is 0.0122. The molecule has 4 unspecified atom stereocenters. The van der Waals surface area contributed by atoms with Crippen LogP contribution in [-0.4, -0.2) is 48.3 Å². The van der Waals surface area contributed by atoms with E-state index in [1.54, 1.807) is 0 Å². The summed E-state index contributed by atoms with van der Waals surface area (Å²) in [5.74, 6) is 0.912. The van der Waals surface area contributed by atoms with Crippen LogP contribution in [0.15, 0.2) is 0 Å². The standard InChI is InChI=1S/C14H26N2O/c1-10-8-15-14(3,12-4-5-12)9-16(10)13-6-7-17-11(13)2/h10-13,15H,4-9H2,1-3H3. The smallest absolute Gasteiger partial charge is 0.0703 e. The van der Waals surface area contributed by atoms with Gasteiger partial charge in [0, 0.05) is 37.3 Å². The van der Waals surface area contributed by atoms with Crippen molar-refractivity contribution in [1.82, 2.24) is 10.2 Å². The number of nitrogens with one attached hydrogen (secondary N) is 1. The summed E-state index contributed by atoms with van der Waals surface area (Å²) in [4.78, 5) is 2.71. The summed E-state index contributed by atoms with van der Waals surface area (Å²) >= 11 is 0. The molecule has 2 heterocycles. The van der Waals surface area contributed by atoms with Crippen LogP contribution < -0.4 is 5.32 Å². The first-order valence-corrected chi connectivity index (χ1v) is 7.22. The average molecular weight is 238 g/mol. The predicted molar refractivity (Wildman–Crippen MR) is 69.1 cm³/mol. The molecule has 0 amide bonds. The lowest BCUT2D eigenvalue weighted by atomic mass is 9.89. The molecule has 3 heteroatoms. The Labute approximate surface area is 105 Å². The van der Waals surface area contributed by atoms with E-state index in [1.165, 1.54) is 25.8 Å². The molecule has 98 valence electrons. The minimum Gasteiger partial charge on any atom is -0.377 e. The SMILES string of the molecule is CC1OCCC1N1CC(C)(C2CC2)NCC1C. The van der Waals surface area contributed by atoms with Crippen LogP contribution in [0.2, 0.25) is 0 Å². The van der Waals surface area contributed by atoms with Crippen molar-refractivity contribution in [3.8, 4) is 0 Å². The monoisotopic (exact) mass is 238 g/mol. The topological polar surface area (TPSA) is 24.5 Å². The molecule has 1 aliphatic carbocycles. The van der Waals surface area contributed by atoms with Gasteiger partial charge in [-0.2, -0.15) is 0 Å². The van der Waals surface area contributed by atoms with E-state index in [2.05, 4.69) is 31.0 Å². The van der Waals surface area contributed by atoms with Crippen LogP contribution in [0.1, 0.15) is 40.0 Å². The first-order valence-electron chi connectivity index (χ1n) is 7.22. The molecule has 4 atom stereocenters. The number of hydrogen-bond donors (Lipinski definition) is 1. The molecule has 0 spiro atoms. The second-order valence-corrected chi connectivity index (χ2v) is 6.53. The zero-order valence-electron chi connectivity index (χ0n) is 11.4. The molecule has 2 saturated heterocycles. The van der Waals surface area contributed by atoms with Gasteiger partial charge in [-0.05, 0) is 46.0 Å². The van der Waals surface area contributed by atoms with Crippen LogP contribution in [0.3, 0.4) is 0 Å². The van der Waals surface area contributed by atoms with Crippen LogP contribution in [0.4, 0.5) is 0 Å². The zero-order valence-corrected chi connectivity index (χ0v) is 11.4. The Kier molecular flexibility index (Phi) is 2.96. The van der Waals surface area contributed by atoms with Crippen molar-refractivity contribution in [3.05, 3.63) is 0 Å². The van der Waals surface area contributed by atoms with Gasteiger partial charge in [-0.3, -0.25) is 4.90 Å². The van der Waals surface area contributed by atoms with Crippen molar-refractivity contribution in [1.29, 1.82) is 0 Å². The molecule has 17 heavy (non-hydrogen) atoms. The molecule has 0 radical (unpaired) electrons. The molecule has 3 aliphatic rings. The number of rotatable bonds is 2. The molecule has 1 saturated carbocycles. The molecule has 1 N–H and O–H groups in total. The fraction of sp³-hybridized carbons (Fsp3) is 1.00. The van der Waals surface area contributed by atoms with Gasteiger partial charge in [-0.25, -0.2) is 0 Å². The van der Waals surface area contributed by atoms with Gasteiger partial charge in [0.2, 0.25) is 0 Å². The summed E-state index contributed by atoms with van der Waals surface area (Å²) in [6.07, 6.45) is 4.47. The summed E-state index contributed by atoms with van der Waals surface area (Å²) in [6.45, 7) is 10.3. The van der Waals surface area contributed by atoms with Crippen LogP contribution in [0.5, 0.6) is 0 Å². The highest BCUT2D eigenvalue weighted by molar-refractivity contribution is 5.05. The fourth-order valence-electron chi connectivity index (χ4n) is 3.68. The van der Waals surface area contributed by atoms with E-state index in [1.807, 2.05) is 0 Å². The second kappa shape index (κ2) is 4.22. The van der Waals surface area contributed by atoms with Gasteiger partial charge in [0.15, 0.2) is 0 Å². The summed E-state index contributed by atoms with van der Waals surface area (Å²) in [6, 6.07) is 1.29. The van der Waals surface area contributed by atoms with Crippen molar-refractivity contribution in [2.24, 2.45) is 5.92 Å². The van der Waals surface area contributed by atoms with Crippen molar-refractivity contribution in [3.63, 3.8) is 0 Å². The van der Waals surface area contributed by atoms with E-state index in [0.29, 0.717) is 23.7 Å². The van der Waals surface area contributed by atoms with E-state index >= 15 is 0 Å².